The molecular formula is C21H22N4O4S2. The number of amides is 1. The lowest BCUT2D eigenvalue weighted by molar-refractivity contribution is -0.113. The van der Waals surface area contributed by atoms with Gasteiger partial charge in [0.2, 0.25) is 15.9 Å². The van der Waals surface area contributed by atoms with Crippen LogP contribution < -0.4 is 15.6 Å². The molecule has 1 heterocycles. The average molecular weight is 459 g/mol. The maximum Gasteiger partial charge on any atom is 0.262 e. The zero-order valence-electron chi connectivity index (χ0n) is 17.1. The summed E-state index contributed by atoms with van der Waals surface area (Å²) < 4.78 is 28.0. The van der Waals surface area contributed by atoms with Crippen molar-refractivity contribution >= 4 is 44.3 Å². The minimum absolute atomic E-state index is 0.0100. The lowest BCUT2D eigenvalue weighted by Crippen LogP contribution is -2.24. The molecule has 0 unspecified atom stereocenters. The van der Waals surface area contributed by atoms with Gasteiger partial charge in [-0.25, -0.2) is 18.1 Å². The number of aromatic nitrogens is 2. The van der Waals surface area contributed by atoms with E-state index in [-0.39, 0.29) is 28.7 Å². The maximum atomic E-state index is 12.8. The van der Waals surface area contributed by atoms with Gasteiger partial charge in [0.05, 0.1) is 21.6 Å². The standard InChI is InChI=1S/C21H22N4O4S2/c1-4-11-25-20(27)16-7-5-6-8-17(16)24-21(25)30-13-19(26)23-15-10-9-14(2)18(12-15)31(28,29)22-3/h4-10,12,22H,1,11,13H2,2-3H3,(H,23,26). The Morgan fingerprint density at radius 2 is 2.00 bits per heavy atom. The second-order valence-corrected chi connectivity index (χ2v) is 9.44. The van der Waals surface area contributed by atoms with Gasteiger partial charge in [-0.3, -0.25) is 14.2 Å². The first-order valence-electron chi connectivity index (χ1n) is 9.34. The molecule has 31 heavy (non-hydrogen) atoms. The number of para-hydroxylation sites is 1. The van der Waals surface area contributed by atoms with Crippen molar-refractivity contribution in [1.29, 1.82) is 0 Å². The van der Waals surface area contributed by atoms with Crippen LogP contribution in [-0.4, -0.2) is 36.7 Å². The molecular weight excluding hydrogens is 436 g/mol. The number of rotatable bonds is 8. The monoisotopic (exact) mass is 458 g/mol. The maximum absolute atomic E-state index is 12.8. The summed E-state index contributed by atoms with van der Waals surface area (Å²) in [6.07, 6.45) is 1.60. The lowest BCUT2D eigenvalue weighted by Gasteiger charge is -2.12. The first-order chi connectivity index (χ1) is 14.8. The Labute approximate surface area is 184 Å². The van der Waals surface area contributed by atoms with E-state index < -0.39 is 10.0 Å². The Balaban J connectivity index is 1.81. The van der Waals surface area contributed by atoms with E-state index in [0.717, 1.165) is 11.8 Å². The second-order valence-electron chi connectivity index (χ2n) is 6.64. The van der Waals surface area contributed by atoms with Crippen molar-refractivity contribution in [2.45, 2.75) is 23.5 Å². The molecule has 162 valence electrons. The van der Waals surface area contributed by atoms with Crippen LogP contribution in [0.25, 0.3) is 10.9 Å². The quantitative estimate of drug-likeness (QED) is 0.305. The zero-order chi connectivity index (χ0) is 22.6. The van der Waals surface area contributed by atoms with E-state index in [2.05, 4.69) is 21.6 Å². The molecule has 0 fully saturated rings. The predicted molar refractivity (Wildman–Crippen MR) is 123 cm³/mol. The second kappa shape index (κ2) is 9.46. The summed E-state index contributed by atoms with van der Waals surface area (Å²) in [5, 5.41) is 3.59. The van der Waals surface area contributed by atoms with E-state index in [1.165, 1.54) is 17.7 Å². The number of thioether (sulfide) groups is 1. The average Bonchev–Trinajstić information content (AvgIpc) is 2.76. The van der Waals surface area contributed by atoms with Crippen LogP contribution in [-0.2, 0) is 21.4 Å². The summed E-state index contributed by atoms with van der Waals surface area (Å²) in [5.74, 6) is -0.363. The molecule has 0 radical (unpaired) electrons. The highest BCUT2D eigenvalue weighted by atomic mass is 32.2. The number of hydrogen-bond acceptors (Lipinski definition) is 6. The van der Waals surface area contributed by atoms with Gasteiger partial charge in [0.15, 0.2) is 5.16 Å². The summed E-state index contributed by atoms with van der Waals surface area (Å²) in [4.78, 5) is 29.9. The van der Waals surface area contributed by atoms with Crippen LogP contribution >= 0.6 is 11.8 Å². The van der Waals surface area contributed by atoms with Crippen molar-refractivity contribution < 1.29 is 13.2 Å². The van der Waals surface area contributed by atoms with Gasteiger partial charge in [-0.1, -0.05) is 36.0 Å². The minimum Gasteiger partial charge on any atom is -0.325 e. The molecule has 10 heteroatoms. The van der Waals surface area contributed by atoms with E-state index >= 15 is 0 Å². The van der Waals surface area contributed by atoms with E-state index in [0.29, 0.717) is 27.3 Å². The third-order valence-electron chi connectivity index (χ3n) is 4.50. The van der Waals surface area contributed by atoms with Gasteiger partial charge in [-0.2, -0.15) is 0 Å². The van der Waals surface area contributed by atoms with E-state index in [1.807, 2.05) is 0 Å². The Bertz CT molecular complexity index is 1320. The van der Waals surface area contributed by atoms with Gasteiger partial charge in [-0.05, 0) is 43.8 Å². The Hall–Kier alpha value is -2.95. The van der Waals surface area contributed by atoms with Gasteiger partial charge >= 0.3 is 0 Å². The van der Waals surface area contributed by atoms with Crippen LogP contribution in [0.2, 0.25) is 0 Å². The molecule has 0 atom stereocenters. The van der Waals surface area contributed by atoms with Crippen LogP contribution in [0.1, 0.15) is 5.56 Å². The highest BCUT2D eigenvalue weighted by Gasteiger charge is 2.17. The molecule has 0 bridgehead atoms. The van der Waals surface area contributed by atoms with Crippen LogP contribution in [0.15, 0.2) is 70.0 Å². The third kappa shape index (κ3) is 5.04. The largest absolute Gasteiger partial charge is 0.325 e. The van der Waals surface area contributed by atoms with Crippen molar-refractivity contribution in [3.63, 3.8) is 0 Å². The number of sulfonamides is 1. The zero-order valence-corrected chi connectivity index (χ0v) is 18.7. The van der Waals surface area contributed by atoms with Crippen LogP contribution in [0, 0.1) is 6.92 Å². The SMILES string of the molecule is C=CCn1c(SCC(=O)Nc2ccc(C)c(S(=O)(=O)NC)c2)nc2ccccc2c1=O. The van der Waals surface area contributed by atoms with Crippen LogP contribution in [0.4, 0.5) is 5.69 Å². The Kier molecular flexibility index (Phi) is 6.94. The number of aryl methyl sites for hydroxylation is 1. The topological polar surface area (TPSA) is 110 Å². The highest BCUT2D eigenvalue weighted by molar-refractivity contribution is 7.99. The number of hydrogen-bond donors (Lipinski definition) is 2. The molecule has 1 aromatic heterocycles. The molecule has 0 spiro atoms. The summed E-state index contributed by atoms with van der Waals surface area (Å²) in [6, 6.07) is 11.7. The summed E-state index contributed by atoms with van der Waals surface area (Å²) >= 11 is 1.12. The number of nitrogens with zero attached hydrogens (tertiary/aromatic N) is 2. The molecule has 3 aromatic rings. The molecule has 2 aromatic carbocycles. The van der Waals surface area contributed by atoms with Crippen molar-refractivity contribution in [1.82, 2.24) is 14.3 Å². The normalized spacial score (nSPS) is 11.4. The molecule has 0 saturated carbocycles. The highest BCUT2D eigenvalue weighted by Crippen LogP contribution is 2.21. The van der Waals surface area contributed by atoms with E-state index in [9.17, 15) is 18.0 Å². The smallest absolute Gasteiger partial charge is 0.262 e. The summed E-state index contributed by atoms with van der Waals surface area (Å²) in [5.41, 5.74) is 1.28. The third-order valence-corrected chi connectivity index (χ3v) is 7.03. The number of carbonyl (C=O) groups is 1. The van der Waals surface area contributed by atoms with Crippen LogP contribution in [0.3, 0.4) is 0 Å². The Morgan fingerprint density at radius 3 is 2.71 bits per heavy atom. The van der Waals surface area contributed by atoms with E-state index in [4.69, 9.17) is 0 Å². The predicted octanol–water partition coefficient (Wildman–Crippen LogP) is 2.53. The fourth-order valence-corrected chi connectivity index (χ4v) is 4.75. The molecule has 1 amide bonds. The number of allylic oxidation sites excluding steroid dienone is 1. The van der Waals surface area contributed by atoms with Gasteiger partial charge in [0, 0.05) is 12.2 Å². The number of carbonyl (C=O) groups excluding carboxylic acids is 1. The molecule has 0 aliphatic carbocycles. The molecule has 0 saturated heterocycles. The summed E-state index contributed by atoms with van der Waals surface area (Å²) in [6.45, 7) is 5.63. The van der Waals surface area contributed by atoms with Crippen LogP contribution in [0.5, 0.6) is 0 Å². The molecule has 8 nitrogen and oxygen atoms in total. The van der Waals surface area contributed by atoms with Gasteiger partial charge in [0.25, 0.3) is 5.56 Å². The molecule has 0 aliphatic rings. The Morgan fingerprint density at radius 1 is 1.26 bits per heavy atom. The van der Waals surface area contributed by atoms with Crippen molar-refractivity contribution in [3.8, 4) is 0 Å². The molecule has 0 aliphatic heterocycles. The summed E-state index contributed by atoms with van der Waals surface area (Å²) in [7, 11) is -2.31. The fourth-order valence-electron chi connectivity index (χ4n) is 2.95. The number of benzene rings is 2. The number of nitrogens with one attached hydrogen (secondary N) is 2. The fraction of sp³-hybridized carbons (Fsp3) is 0.190. The first kappa shape index (κ1) is 22.7. The molecule has 2 N–H and O–H groups in total. The molecule has 3 rings (SSSR count). The van der Waals surface area contributed by atoms with Gasteiger partial charge < -0.3 is 5.32 Å². The first-order valence-corrected chi connectivity index (χ1v) is 11.8. The van der Waals surface area contributed by atoms with Crippen molar-refractivity contribution in [3.05, 3.63) is 71.0 Å². The lowest BCUT2D eigenvalue weighted by atomic mass is 10.2. The van der Waals surface area contributed by atoms with Gasteiger partial charge in [0.1, 0.15) is 0 Å². The van der Waals surface area contributed by atoms with E-state index in [1.54, 1.807) is 49.4 Å². The number of anilines is 1. The van der Waals surface area contributed by atoms with Gasteiger partial charge in [-0.15, -0.1) is 6.58 Å². The number of fused-ring (bicyclic) bond motifs is 1. The minimum atomic E-state index is -3.64. The van der Waals surface area contributed by atoms with Crippen molar-refractivity contribution in [2.75, 3.05) is 18.1 Å². The van der Waals surface area contributed by atoms with Crippen molar-refractivity contribution in [2.24, 2.45) is 0 Å².